The van der Waals surface area contributed by atoms with Gasteiger partial charge in [0, 0.05) is 25.7 Å². The smallest absolute Gasteiger partial charge is 0.462 e. The Kier molecular flexibility index (Phi) is 63.7. The Morgan fingerprint density at radius 1 is 0.293 bits per heavy atom. The summed E-state index contributed by atoms with van der Waals surface area (Å²) in [6.45, 7) is 9.59. The third-order valence-corrected chi connectivity index (χ3v) is 18.9. The number of carbonyl (C=O) groups excluding carboxylic acids is 4. The number of carbonyl (C=O) groups is 4. The number of ether oxygens (including phenoxy) is 4. The summed E-state index contributed by atoms with van der Waals surface area (Å²) in [7, 11) is -9.90. The van der Waals surface area contributed by atoms with Crippen molar-refractivity contribution in [3.63, 3.8) is 0 Å². The molecule has 0 rings (SSSR count). The molecule has 546 valence electrons. The summed E-state index contributed by atoms with van der Waals surface area (Å²) in [6.07, 6.45) is 51.3. The number of rotatable bonds is 72. The highest BCUT2D eigenvalue weighted by Crippen LogP contribution is 2.45. The lowest BCUT2D eigenvalue weighted by molar-refractivity contribution is -0.161. The number of unbranched alkanes of at least 4 members (excludes halogenated alkanes) is 42. The van der Waals surface area contributed by atoms with Crippen molar-refractivity contribution >= 4 is 39.5 Å². The average molecular weight is 1350 g/mol. The highest BCUT2D eigenvalue weighted by molar-refractivity contribution is 7.47. The molecule has 0 spiro atoms. The molecule has 0 aromatic carbocycles. The summed E-state index contributed by atoms with van der Waals surface area (Å²) in [6, 6.07) is 0. The van der Waals surface area contributed by atoms with Gasteiger partial charge < -0.3 is 33.8 Å². The zero-order valence-corrected chi connectivity index (χ0v) is 61.6. The topological polar surface area (TPSA) is 237 Å². The second-order valence-electron chi connectivity index (χ2n) is 27.3. The van der Waals surface area contributed by atoms with Gasteiger partial charge in [-0.05, 0) is 37.5 Å². The lowest BCUT2D eigenvalue weighted by Gasteiger charge is -2.21. The number of hydrogen-bond donors (Lipinski definition) is 3. The number of phosphoric ester groups is 2. The van der Waals surface area contributed by atoms with Gasteiger partial charge in [-0.25, -0.2) is 9.13 Å². The molecule has 0 aliphatic rings. The van der Waals surface area contributed by atoms with Crippen molar-refractivity contribution in [1.82, 2.24) is 0 Å². The molecule has 17 nitrogen and oxygen atoms in total. The maximum Gasteiger partial charge on any atom is 0.472 e. The van der Waals surface area contributed by atoms with Gasteiger partial charge in [-0.1, -0.05) is 324 Å². The van der Waals surface area contributed by atoms with Gasteiger partial charge in [-0.15, -0.1) is 0 Å². The molecule has 2 unspecified atom stereocenters. The molecule has 0 aromatic heterocycles. The van der Waals surface area contributed by atoms with Crippen LogP contribution in [0.5, 0.6) is 0 Å². The van der Waals surface area contributed by atoms with Crippen LogP contribution in [0, 0.1) is 11.8 Å². The summed E-state index contributed by atoms with van der Waals surface area (Å²) in [4.78, 5) is 72.6. The number of esters is 4. The van der Waals surface area contributed by atoms with Crippen molar-refractivity contribution in [1.29, 1.82) is 0 Å². The van der Waals surface area contributed by atoms with E-state index in [1.165, 1.54) is 193 Å². The molecule has 0 fully saturated rings. The van der Waals surface area contributed by atoms with Crippen molar-refractivity contribution in [3.8, 4) is 0 Å². The number of aliphatic hydroxyl groups is 1. The van der Waals surface area contributed by atoms with Gasteiger partial charge in [0.25, 0.3) is 0 Å². The first kappa shape index (κ1) is 90.1. The van der Waals surface area contributed by atoms with Crippen LogP contribution in [0.1, 0.15) is 375 Å². The van der Waals surface area contributed by atoms with Crippen LogP contribution in [0.25, 0.3) is 0 Å². The summed E-state index contributed by atoms with van der Waals surface area (Å²) in [5, 5.41) is 10.6. The Morgan fingerprint density at radius 3 is 0.739 bits per heavy atom. The molecule has 92 heavy (non-hydrogen) atoms. The first-order valence-corrected chi connectivity index (χ1v) is 41.0. The van der Waals surface area contributed by atoms with Crippen LogP contribution in [0.2, 0.25) is 0 Å². The second kappa shape index (κ2) is 65.0. The fourth-order valence-electron chi connectivity index (χ4n) is 11.1. The van der Waals surface area contributed by atoms with E-state index in [0.29, 0.717) is 25.7 Å². The Bertz CT molecular complexity index is 1790. The van der Waals surface area contributed by atoms with Crippen LogP contribution in [-0.4, -0.2) is 96.7 Å². The highest BCUT2D eigenvalue weighted by Gasteiger charge is 2.30. The van der Waals surface area contributed by atoms with Gasteiger partial charge in [-0.3, -0.25) is 37.3 Å². The second-order valence-corrected chi connectivity index (χ2v) is 30.2. The average Bonchev–Trinajstić information content (AvgIpc) is 3.02. The Hall–Kier alpha value is -1.94. The fraction of sp³-hybridized carbons (Fsp3) is 0.945. The molecule has 0 saturated heterocycles. The quantitative estimate of drug-likeness (QED) is 0.0222. The van der Waals surface area contributed by atoms with E-state index in [1.54, 1.807) is 0 Å². The normalized spacial score (nSPS) is 14.1. The van der Waals surface area contributed by atoms with E-state index in [0.717, 1.165) is 102 Å². The summed E-state index contributed by atoms with van der Waals surface area (Å²) in [5.41, 5.74) is 0. The molecule has 0 aliphatic heterocycles. The number of hydrogen-bond acceptors (Lipinski definition) is 15. The zero-order chi connectivity index (χ0) is 67.9. The van der Waals surface area contributed by atoms with E-state index in [1.807, 2.05) is 0 Å². The van der Waals surface area contributed by atoms with Gasteiger partial charge >= 0.3 is 39.5 Å². The lowest BCUT2D eigenvalue weighted by Crippen LogP contribution is -2.30. The molecule has 0 bridgehead atoms. The van der Waals surface area contributed by atoms with Crippen LogP contribution in [0.15, 0.2) is 0 Å². The lowest BCUT2D eigenvalue weighted by atomic mass is 10.0. The number of phosphoric acid groups is 2. The molecule has 19 heteroatoms. The van der Waals surface area contributed by atoms with Crippen molar-refractivity contribution < 1.29 is 80.2 Å². The van der Waals surface area contributed by atoms with Crippen LogP contribution >= 0.6 is 15.6 Å². The Morgan fingerprint density at radius 2 is 0.500 bits per heavy atom. The molecule has 0 aliphatic carbocycles. The zero-order valence-electron chi connectivity index (χ0n) is 59.9. The summed E-state index contributed by atoms with van der Waals surface area (Å²) >= 11 is 0. The maximum absolute atomic E-state index is 13.1. The molecular weight excluding hydrogens is 1210 g/mol. The maximum atomic E-state index is 13.1. The van der Waals surface area contributed by atoms with E-state index < -0.39 is 97.5 Å². The fourth-order valence-corrected chi connectivity index (χ4v) is 12.7. The van der Waals surface area contributed by atoms with Crippen LogP contribution < -0.4 is 0 Å². The number of aliphatic hydroxyl groups excluding tert-OH is 1. The Labute approximate surface area is 562 Å². The van der Waals surface area contributed by atoms with Gasteiger partial charge in [-0.2, -0.15) is 0 Å². The first-order chi connectivity index (χ1) is 44.4. The molecule has 5 atom stereocenters. The first-order valence-electron chi connectivity index (χ1n) is 38.0. The standard InChI is InChI=1S/C73H142O17P2/c1-7-9-11-13-15-17-32-39-45-51-57-72(77)89-68(61-83-70(75)55-49-43-37-29-16-14-12-10-8-2)63-87-91(79,80)85-59-67(74)60-86-92(81,82)88-64-69(62-84-71(76)56-50-44-38-33-27-24-23-26-31-36-42-48-54-66(5)6)90-73(78)58-52-46-40-34-28-22-20-18-19-21-25-30-35-41-47-53-65(3)4/h65-69,74H,7-64H2,1-6H3,(H,79,80)(H,81,82)/t67-,68+,69+/m0/s1. The predicted molar refractivity (Wildman–Crippen MR) is 372 cm³/mol. The third-order valence-electron chi connectivity index (χ3n) is 17.0. The minimum absolute atomic E-state index is 0.106. The van der Waals surface area contributed by atoms with Crippen molar-refractivity contribution in [2.24, 2.45) is 11.8 Å². The minimum atomic E-state index is -4.95. The molecule has 0 amide bonds. The largest absolute Gasteiger partial charge is 0.472 e. The molecule has 0 heterocycles. The monoisotopic (exact) mass is 1350 g/mol. The van der Waals surface area contributed by atoms with Crippen molar-refractivity contribution in [2.45, 2.75) is 394 Å². The molecule has 0 saturated carbocycles. The third kappa shape index (κ3) is 66.7. The van der Waals surface area contributed by atoms with Gasteiger partial charge in [0.05, 0.1) is 26.4 Å². The van der Waals surface area contributed by atoms with Crippen LogP contribution in [0.3, 0.4) is 0 Å². The SMILES string of the molecule is CCCCCCCCCCCCC(=O)O[C@H](COC(=O)CCCCCCCCCCC)COP(=O)(O)OC[C@H](O)COP(=O)(O)OC[C@@H](COC(=O)CCCCCCCCCCCCCCC(C)C)OC(=O)CCCCCCCCCCCCCCCCCC(C)C. The van der Waals surface area contributed by atoms with Gasteiger partial charge in [0.1, 0.15) is 19.3 Å². The summed E-state index contributed by atoms with van der Waals surface area (Å²) in [5.74, 6) is -0.536. The van der Waals surface area contributed by atoms with Crippen molar-refractivity contribution in [2.75, 3.05) is 39.6 Å². The summed E-state index contributed by atoms with van der Waals surface area (Å²) < 4.78 is 68.3. The molecule has 0 radical (unpaired) electrons. The molecule has 0 aromatic rings. The highest BCUT2D eigenvalue weighted by atomic mass is 31.2. The molecular formula is C73H142O17P2. The van der Waals surface area contributed by atoms with Gasteiger partial charge in [0.2, 0.25) is 0 Å². The van der Waals surface area contributed by atoms with E-state index in [9.17, 15) is 43.2 Å². The van der Waals surface area contributed by atoms with E-state index in [-0.39, 0.29) is 25.7 Å². The van der Waals surface area contributed by atoms with E-state index >= 15 is 0 Å². The Balaban J connectivity index is 5.21. The minimum Gasteiger partial charge on any atom is -0.462 e. The molecule has 3 N–H and O–H groups in total. The van der Waals surface area contributed by atoms with Crippen molar-refractivity contribution in [3.05, 3.63) is 0 Å². The van der Waals surface area contributed by atoms with Crippen LogP contribution in [0.4, 0.5) is 0 Å². The van der Waals surface area contributed by atoms with E-state index in [4.69, 9.17) is 37.0 Å². The van der Waals surface area contributed by atoms with E-state index in [2.05, 4.69) is 41.5 Å². The van der Waals surface area contributed by atoms with Crippen LogP contribution in [-0.2, 0) is 65.4 Å². The predicted octanol–water partition coefficient (Wildman–Crippen LogP) is 21.2. The van der Waals surface area contributed by atoms with Gasteiger partial charge in [0.15, 0.2) is 12.2 Å².